The average Bonchev–Trinajstić information content (AvgIpc) is 2.73. The Morgan fingerprint density at radius 2 is 1.90 bits per heavy atom. The van der Waals surface area contributed by atoms with Gasteiger partial charge in [-0.3, -0.25) is 4.79 Å². The summed E-state index contributed by atoms with van der Waals surface area (Å²) in [6.45, 7) is 4.05. The number of carbonyl (C=O) groups excluding carboxylic acids is 2. The van der Waals surface area contributed by atoms with Gasteiger partial charge in [0.2, 0.25) is 5.91 Å². The molecule has 6 heteroatoms. The van der Waals surface area contributed by atoms with Gasteiger partial charge in [0.15, 0.2) is 0 Å². The minimum atomic E-state index is -0.211. The molecule has 2 aromatic rings. The Kier molecular flexibility index (Phi) is 7.11. The molecule has 2 aromatic carbocycles. The second-order valence-electron chi connectivity index (χ2n) is 7.75. The molecule has 0 aromatic heterocycles. The first kappa shape index (κ1) is 20.7. The number of benzene rings is 2. The SMILES string of the molecule is Cc1ccc(NC(=O)NCC2CCCN(C(=O)CCc3ccccc3N)C2)cc1. The van der Waals surface area contributed by atoms with Crippen LogP contribution in [0.2, 0.25) is 0 Å². The van der Waals surface area contributed by atoms with Crippen LogP contribution in [0.15, 0.2) is 48.5 Å². The van der Waals surface area contributed by atoms with Crippen LogP contribution >= 0.6 is 0 Å². The first-order chi connectivity index (χ1) is 14.0. The molecular weight excluding hydrogens is 364 g/mol. The molecule has 1 fully saturated rings. The van der Waals surface area contributed by atoms with Crippen molar-refractivity contribution >= 4 is 23.3 Å². The van der Waals surface area contributed by atoms with Crippen molar-refractivity contribution in [2.24, 2.45) is 5.92 Å². The van der Waals surface area contributed by atoms with E-state index < -0.39 is 0 Å². The normalized spacial score (nSPS) is 16.3. The molecule has 4 N–H and O–H groups in total. The van der Waals surface area contributed by atoms with Gasteiger partial charge in [0.25, 0.3) is 0 Å². The van der Waals surface area contributed by atoms with E-state index in [0.29, 0.717) is 25.9 Å². The third-order valence-corrected chi connectivity index (χ3v) is 5.40. The molecule has 1 aliphatic rings. The number of hydrogen-bond donors (Lipinski definition) is 3. The van der Waals surface area contributed by atoms with Gasteiger partial charge >= 0.3 is 6.03 Å². The van der Waals surface area contributed by atoms with Gasteiger partial charge in [0.05, 0.1) is 0 Å². The number of para-hydroxylation sites is 1. The molecule has 0 spiro atoms. The number of anilines is 2. The molecular formula is C23H30N4O2. The van der Waals surface area contributed by atoms with Gasteiger partial charge in [-0.05, 0) is 55.9 Å². The quantitative estimate of drug-likeness (QED) is 0.655. The smallest absolute Gasteiger partial charge is 0.319 e. The summed E-state index contributed by atoms with van der Waals surface area (Å²) in [5, 5.41) is 5.78. The van der Waals surface area contributed by atoms with Crippen LogP contribution in [0.25, 0.3) is 0 Å². The standard InChI is InChI=1S/C23H30N4O2/c1-17-8-11-20(12-9-17)26-23(29)25-15-18-5-4-14-27(16-18)22(28)13-10-19-6-2-3-7-21(19)24/h2-3,6-9,11-12,18H,4-5,10,13-16,24H2,1H3,(H2,25,26,29). The molecule has 3 amide bonds. The lowest BCUT2D eigenvalue weighted by Crippen LogP contribution is -2.44. The number of amides is 3. The van der Waals surface area contributed by atoms with Crippen LogP contribution in [0.1, 0.15) is 30.4 Å². The topological polar surface area (TPSA) is 87.5 Å². The van der Waals surface area contributed by atoms with Crippen LogP contribution in [0.5, 0.6) is 0 Å². The van der Waals surface area contributed by atoms with E-state index >= 15 is 0 Å². The van der Waals surface area contributed by atoms with Crippen molar-refractivity contribution in [3.8, 4) is 0 Å². The fourth-order valence-corrected chi connectivity index (χ4v) is 3.67. The Balaban J connectivity index is 1.42. The Labute approximate surface area is 172 Å². The molecule has 1 saturated heterocycles. The fraction of sp³-hybridized carbons (Fsp3) is 0.391. The highest BCUT2D eigenvalue weighted by atomic mass is 16.2. The Bertz CT molecular complexity index is 835. The Morgan fingerprint density at radius 3 is 2.66 bits per heavy atom. The van der Waals surface area contributed by atoms with Crippen molar-refractivity contribution < 1.29 is 9.59 Å². The van der Waals surface area contributed by atoms with Crippen LogP contribution in [0.3, 0.4) is 0 Å². The van der Waals surface area contributed by atoms with E-state index in [4.69, 9.17) is 5.73 Å². The van der Waals surface area contributed by atoms with E-state index in [1.54, 1.807) is 0 Å². The zero-order valence-electron chi connectivity index (χ0n) is 17.0. The number of aryl methyl sites for hydroxylation is 2. The molecule has 0 aliphatic carbocycles. The minimum absolute atomic E-state index is 0.155. The number of nitrogen functional groups attached to an aromatic ring is 1. The first-order valence-corrected chi connectivity index (χ1v) is 10.2. The van der Waals surface area contributed by atoms with Gasteiger partial charge in [-0.15, -0.1) is 0 Å². The van der Waals surface area contributed by atoms with Crippen LogP contribution in [-0.4, -0.2) is 36.5 Å². The van der Waals surface area contributed by atoms with E-state index in [1.165, 1.54) is 0 Å². The van der Waals surface area contributed by atoms with E-state index in [-0.39, 0.29) is 17.9 Å². The van der Waals surface area contributed by atoms with Gasteiger partial charge in [0, 0.05) is 37.4 Å². The lowest BCUT2D eigenvalue weighted by atomic mass is 9.97. The van der Waals surface area contributed by atoms with Crippen molar-refractivity contribution in [2.75, 3.05) is 30.7 Å². The molecule has 1 unspecified atom stereocenters. The van der Waals surface area contributed by atoms with E-state index in [9.17, 15) is 9.59 Å². The Hall–Kier alpha value is -3.02. The first-order valence-electron chi connectivity index (χ1n) is 10.2. The number of rotatable bonds is 6. The Morgan fingerprint density at radius 1 is 1.14 bits per heavy atom. The predicted molar refractivity (Wildman–Crippen MR) is 117 cm³/mol. The molecule has 29 heavy (non-hydrogen) atoms. The largest absolute Gasteiger partial charge is 0.399 e. The second-order valence-corrected chi connectivity index (χ2v) is 7.75. The highest BCUT2D eigenvalue weighted by molar-refractivity contribution is 5.89. The van der Waals surface area contributed by atoms with Crippen LogP contribution in [0.4, 0.5) is 16.2 Å². The monoisotopic (exact) mass is 394 g/mol. The highest BCUT2D eigenvalue weighted by Crippen LogP contribution is 2.19. The number of urea groups is 1. The average molecular weight is 395 g/mol. The molecule has 1 aliphatic heterocycles. The van der Waals surface area contributed by atoms with E-state index in [1.807, 2.05) is 60.4 Å². The van der Waals surface area contributed by atoms with Crippen molar-refractivity contribution in [2.45, 2.75) is 32.6 Å². The number of nitrogens with two attached hydrogens (primary N) is 1. The number of nitrogens with zero attached hydrogens (tertiary/aromatic N) is 1. The predicted octanol–water partition coefficient (Wildman–Crippen LogP) is 3.57. The molecule has 154 valence electrons. The van der Waals surface area contributed by atoms with Gasteiger partial charge in [-0.1, -0.05) is 35.9 Å². The summed E-state index contributed by atoms with van der Waals surface area (Å²) < 4.78 is 0. The maximum Gasteiger partial charge on any atom is 0.319 e. The number of nitrogens with one attached hydrogen (secondary N) is 2. The maximum atomic E-state index is 12.6. The summed E-state index contributed by atoms with van der Waals surface area (Å²) in [5.41, 5.74) is 9.64. The molecule has 6 nitrogen and oxygen atoms in total. The molecule has 1 heterocycles. The third kappa shape index (κ3) is 6.24. The summed E-state index contributed by atoms with van der Waals surface area (Å²) in [5.74, 6) is 0.431. The van der Waals surface area contributed by atoms with Gasteiger partial charge < -0.3 is 21.3 Å². The summed E-state index contributed by atoms with van der Waals surface area (Å²) >= 11 is 0. The van der Waals surface area contributed by atoms with Crippen LogP contribution in [-0.2, 0) is 11.2 Å². The van der Waals surface area contributed by atoms with Crippen molar-refractivity contribution in [1.82, 2.24) is 10.2 Å². The summed E-state index contributed by atoms with van der Waals surface area (Å²) in [6, 6.07) is 15.2. The zero-order valence-corrected chi connectivity index (χ0v) is 17.0. The lowest BCUT2D eigenvalue weighted by molar-refractivity contribution is -0.132. The van der Waals surface area contributed by atoms with Crippen molar-refractivity contribution in [1.29, 1.82) is 0 Å². The van der Waals surface area contributed by atoms with E-state index in [0.717, 1.165) is 41.9 Å². The zero-order chi connectivity index (χ0) is 20.6. The lowest BCUT2D eigenvalue weighted by Gasteiger charge is -2.33. The summed E-state index contributed by atoms with van der Waals surface area (Å²) in [6.07, 6.45) is 3.09. The molecule has 1 atom stereocenters. The number of likely N-dealkylation sites (tertiary alicyclic amines) is 1. The van der Waals surface area contributed by atoms with Gasteiger partial charge in [-0.2, -0.15) is 0 Å². The highest BCUT2D eigenvalue weighted by Gasteiger charge is 2.23. The number of hydrogen-bond acceptors (Lipinski definition) is 3. The van der Waals surface area contributed by atoms with Crippen LogP contribution < -0.4 is 16.4 Å². The van der Waals surface area contributed by atoms with Crippen molar-refractivity contribution in [3.05, 3.63) is 59.7 Å². The molecule has 0 bridgehead atoms. The van der Waals surface area contributed by atoms with Crippen molar-refractivity contribution in [3.63, 3.8) is 0 Å². The number of piperidine rings is 1. The van der Waals surface area contributed by atoms with Crippen LogP contribution in [0, 0.1) is 12.8 Å². The number of carbonyl (C=O) groups is 2. The van der Waals surface area contributed by atoms with Gasteiger partial charge in [0.1, 0.15) is 0 Å². The fourth-order valence-electron chi connectivity index (χ4n) is 3.67. The molecule has 3 rings (SSSR count). The molecule has 0 saturated carbocycles. The summed E-state index contributed by atoms with van der Waals surface area (Å²) in [7, 11) is 0. The third-order valence-electron chi connectivity index (χ3n) is 5.40. The van der Waals surface area contributed by atoms with Gasteiger partial charge in [-0.25, -0.2) is 4.79 Å². The van der Waals surface area contributed by atoms with E-state index in [2.05, 4.69) is 10.6 Å². The maximum absolute atomic E-state index is 12.6. The summed E-state index contributed by atoms with van der Waals surface area (Å²) in [4.78, 5) is 26.7. The molecule has 0 radical (unpaired) electrons. The second kappa shape index (κ2) is 9.96. The minimum Gasteiger partial charge on any atom is -0.399 e.